The minimum absolute atomic E-state index is 0.164. The van der Waals surface area contributed by atoms with E-state index in [1.54, 1.807) is 6.07 Å². The third-order valence-corrected chi connectivity index (χ3v) is 5.05. The van der Waals surface area contributed by atoms with Gasteiger partial charge in [0.25, 0.3) is 5.91 Å². The number of hydrogen-bond donors (Lipinski definition) is 1. The fourth-order valence-electron chi connectivity index (χ4n) is 3.76. The summed E-state index contributed by atoms with van der Waals surface area (Å²) in [7, 11) is 0. The summed E-state index contributed by atoms with van der Waals surface area (Å²) in [6.07, 6.45) is 1.76. The van der Waals surface area contributed by atoms with Crippen molar-refractivity contribution in [3.05, 3.63) is 83.3 Å². The molecule has 0 fully saturated rings. The van der Waals surface area contributed by atoms with E-state index in [4.69, 9.17) is 0 Å². The summed E-state index contributed by atoms with van der Waals surface area (Å²) in [6.45, 7) is 4.58. The van der Waals surface area contributed by atoms with Crippen LogP contribution in [0.5, 0.6) is 0 Å². The number of aryl methyl sites for hydroxylation is 1. The molecule has 1 unspecified atom stereocenters. The number of benzene rings is 2. The fraction of sp³-hybridized carbons (Fsp3) is 0.261. The highest BCUT2D eigenvalue weighted by Crippen LogP contribution is 2.37. The van der Waals surface area contributed by atoms with Crippen LogP contribution in [0, 0.1) is 6.92 Å². The number of anilines is 2. The van der Waals surface area contributed by atoms with Crippen molar-refractivity contribution in [3.63, 3.8) is 0 Å². The van der Waals surface area contributed by atoms with Crippen molar-refractivity contribution in [2.75, 3.05) is 11.4 Å². The molecule has 0 bridgehead atoms. The second-order valence-electron chi connectivity index (χ2n) is 7.20. The Morgan fingerprint density at radius 3 is 2.68 bits per heavy atom. The molecule has 28 heavy (non-hydrogen) atoms. The fourth-order valence-corrected chi connectivity index (χ4v) is 3.76. The molecule has 1 amide bonds. The summed E-state index contributed by atoms with van der Waals surface area (Å²) < 4.78 is 0. The second kappa shape index (κ2) is 7.80. The van der Waals surface area contributed by atoms with Crippen LogP contribution in [0.15, 0.2) is 60.7 Å². The number of amides is 1. The van der Waals surface area contributed by atoms with Gasteiger partial charge in [0.2, 0.25) is 0 Å². The number of fused-ring (bicyclic) bond motifs is 1. The Labute approximate surface area is 165 Å². The van der Waals surface area contributed by atoms with Crippen molar-refractivity contribution in [3.8, 4) is 0 Å². The molecule has 2 heterocycles. The molecule has 1 aromatic heterocycles. The van der Waals surface area contributed by atoms with E-state index in [1.165, 1.54) is 11.1 Å². The molecule has 0 saturated carbocycles. The SMILES string of the molecule is Cc1nc(C(=O)NCCc2ccccc2)cc(N2c3ccccc3CC2C)n1. The highest BCUT2D eigenvalue weighted by molar-refractivity contribution is 5.93. The molecule has 5 heteroatoms. The monoisotopic (exact) mass is 372 g/mol. The van der Waals surface area contributed by atoms with Crippen LogP contribution >= 0.6 is 0 Å². The zero-order valence-electron chi connectivity index (χ0n) is 16.2. The Morgan fingerprint density at radius 2 is 1.86 bits per heavy atom. The number of nitrogens with one attached hydrogen (secondary N) is 1. The van der Waals surface area contributed by atoms with Gasteiger partial charge >= 0.3 is 0 Å². The minimum Gasteiger partial charge on any atom is -0.350 e. The van der Waals surface area contributed by atoms with E-state index in [2.05, 4.69) is 57.4 Å². The first-order valence-electron chi connectivity index (χ1n) is 9.67. The van der Waals surface area contributed by atoms with Gasteiger partial charge in [-0.3, -0.25) is 4.79 Å². The number of carbonyl (C=O) groups is 1. The van der Waals surface area contributed by atoms with E-state index >= 15 is 0 Å². The smallest absolute Gasteiger partial charge is 0.270 e. The summed E-state index contributed by atoms with van der Waals surface area (Å²) in [6, 6.07) is 20.6. The quantitative estimate of drug-likeness (QED) is 0.739. The van der Waals surface area contributed by atoms with Crippen molar-refractivity contribution in [2.24, 2.45) is 0 Å². The first kappa shape index (κ1) is 18.2. The summed E-state index contributed by atoms with van der Waals surface area (Å²) >= 11 is 0. The lowest BCUT2D eigenvalue weighted by atomic mass is 10.1. The van der Waals surface area contributed by atoms with Gasteiger partial charge in [-0.1, -0.05) is 48.5 Å². The maximum atomic E-state index is 12.7. The molecule has 5 nitrogen and oxygen atoms in total. The van der Waals surface area contributed by atoms with Crippen molar-refractivity contribution in [2.45, 2.75) is 32.7 Å². The van der Waals surface area contributed by atoms with E-state index in [0.717, 1.165) is 24.3 Å². The van der Waals surface area contributed by atoms with Crippen molar-refractivity contribution < 1.29 is 4.79 Å². The Balaban J connectivity index is 1.52. The van der Waals surface area contributed by atoms with E-state index < -0.39 is 0 Å². The molecule has 0 aliphatic carbocycles. The zero-order valence-corrected chi connectivity index (χ0v) is 16.2. The molecule has 4 rings (SSSR count). The molecule has 0 radical (unpaired) electrons. The normalized spacial score (nSPS) is 15.4. The third-order valence-electron chi connectivity index (χ3n) is 5.05. The van der Waals surface area contributed by atoms with E-state index in [-0.39, 0.29) is 5.91 Å². The van der Waals surface area contributed by atoms with Crippen LogP contribution < -0.4 is 10.2 Å². The van der Waals surface area contributed by atoms with Gasteiger partial charge in [-0.05, 0) is 43.9 Å². The highest BCUT2D eigenvalue weighted by Gasteiger charge is 2.28. The van der Waals surface area contributed by atoms with Crippen LogP contribution in [0.3, 0.4) is 0 Å². The van der Waals surface area contributed by atoms with Crippen LogP contribution in [-0.4, -0.2) is 28.5 Å². The summed E-state index contributed by atoms with van der Waals surface area (Å²) in [5, 5.41) is 2.98. The molecule has 0 spiro atoms. The number of rotatable bonds is 5. The molecule has 1 aliphatic rings. The molecule has 142 valence electrons. The third kappa shape index (κ3) is 3.74. The van der Waals surface area contributed by atoms with Gasteiger partial charge in [0, 0.05) is 24.3 Å². The van der Waals surface area contributed by atoms with Gasteiger partial charge in [0.15, 0.2) is 0 Å². The summed E-state index contributed by atoms with van der Waals surface area (Å²) in [5.41, 5.74) is 4.07. The van der Waals surface area contributed by atoms with Gasteiger partial charge < -0.3 is 10.2 Å². The lowest BCUT2D eigenvalue weighted by Crippen LogP contribution is -2.29. The van der Waals surface area contributed by atoms with Gasteiger partial charge in [-0.2, -0.15) is 0 Å². The van der Waals surface area contributed by atoms with Gasteiger partial charge in [-0.25, -0.2) is 9.97 Å². The average molecular weight is 372 g/mol. The standard InChI is InChI=1S/C23H24N4O/c1-16-14-19-10-6-7-11-21(19)27(16)22-15-20(25-17(2)26-22)23(28)24-13-12-18-8-4-3-5-9-18/h3-11,15-16H,12-14H2,1-2H3,(H,24,28). The Bertz CT molecular complexity index is 987. The zero-order chi connectivity index (χ0) is 19.5. The Hall–Kier alpha value is -3.21. The highest BCUT2D eigenvalue weighted by atomic mass is 16.1. The minimum atomic E-state index is -0.164. The van der Waals surface area contributed by atoms with Crippen molar-refractivity contribution >= 4 is 17.4 Å². The number of para-hydroxylation sites is 1. The van der Waals surface area contributed by atoms with Crippen molar-refractivity contribution in [1.82, 2.24) is 15.3 Å². The molecule has 3 aromatic rings. The van der Waals surface area contributed by atoms with Crippen LogP contribution in [0.25, 0.3) is 0 Å². The van der Waals surface area contributed by atoms with Gasteiger partial charge in [0.05, 0.1) is 0 Å². The number of hydrogen-bond acceptors (Lipinski definition) is 4. The van der Waals surface area contributed by atoms with Gasteiger partial charge in [0.1, 0.15) is 17.3 Å². The lowest BCUT2D eigenvalue weighted by Gasteiger charge is -2.24. The van der Waals surface area contributed by atoms with Crippen LogP contribution in [0.1, 0.15) is 34.4 Å². The molecule has 0 saturated heterocycles. The molecule has 1 aliphatic heterocycles. The maximum Gasteiger partial charge on any atom is 0.270 e. The number of nitrogens with zero attached hydrogens (tertiary/aromatic N) is 3. The predicted molar refractivity (Wildman–Crippen MR) is 111 cm³/mol. The summed E-state index contributed by atoms with van der Waals surface area (Å²) in [5.74, 6) is 1.21. The first-order valence-corrected chi connectivity index (χ1v) is 9.67. The molecule has 1 N–H and O–H groups in total. The van der Waals surface area contributed by atoms with Crippen LogP contribution in [0.4, 0.5) is 11.5 Å². The van der Waals surface area contributed by atoms with E-state index in [0.29, 0.717) is 24.1 Å². The topological polar surface area (TPSA) is 58.1 Å². The van der Waals surface area contributed by atoms with E-state index in [9.17, 15) is 4.79 Å². The summed E-state index contributed by atoms with van der Waals surface area (Å²) in [4.78, 5) is 23.8. The largest absolute Gasteiger partial charge is 0.350 e. The second-order valence-corrected chi connectivity index (χ2v) is 7.20. The predicted octanol–water partition coefficient (Wildman–Crippen LogP) is 3.84. The molecule has 1 atom stereocenters. The van der Waals surface area contributed by atoms with Crippen molar-refractivity contribution in [1.29, 1.82) is 0 Å². The van der Waals surface area contributed by atoms with Crippen LogP contribution in [-0.2, 0) is 12.8 Å². The molecule has 2 aromatic carbocycles. The lowest BCUT2D eigenvalue weighted by molar-refractivity contribution is 0.0948. The molecular weight excluding hydrogens is 348 g/mol. The average Bonchev–Trinajstić information content (AvgIpc) is 3.04. The van der Waals surface area contributed by atoms with E-state index in [1.807, 2.05) is 31.2 Å². The van der Waals surface area contributed by atoms with Crippen LogP contribution in [0.2, 0.25) is 0 Å². The Kier molecular flexibility index (Phi) is 5.06. The number of carbonyl (C=O) groups excluding carboxylic acids is 1. The van der Waals surface area contributed by atoms with Gasteiger partial charge in [-0.15, -0.1) is 0 Å². The maximum absolute atomic E-state index is 12.7. The Morgan fingerprint density at radius 1 is 1.11 bits per heavy atom. The number of aromatic nitrogens is 2. The molecular formula is C23H24N4O. The first-order chi connectivity index (χ1) is 13.6.